The number of fused-ring (bicyclic) bond motifs is 3. The standard InChI is InChI=1S/C33H42ClN3O2.2ClH/c1-38-31-19-24-17-23(18-25(24)20-32(31)39-2)16-22-10-14-37(15-11-22)13-5-12-35-33-27-6-3-4-7-29(27)36-30-21-26(34)8-9-28(30)33;;/h8-9,19-23H,3-7,10-18H2,1-2H3,(H,35,36);2*1H. The quantitative estimate of drug-likeness (QED) is 0.246. The lowest BCUT2D eigenvalue weighted by molar-refractivity contribution is 0.167. The fraction of sp³-hybridized carbons (Fsp3) is 0.545. The third-order valence-electron chi connectivity index (χ3n) is 9.27. The highest BCUT2D eigenvalue weighted by molar-refractivity contribution is 6.31. The second-order valence-corrected chi connectivity index (χ2v) is 12.3. The van der Waals surface area contributed by atoms with E-state index >= 15 is 0 Å². The second kappa shape index (κ2) is 14.5. The molecule has 1 aliphatic heterocycles. The van der Waals surface area contributed by atoms with Gasteiger partial charge in [0.25, 0.3) is 0 Å². The maximum Gasteiger partial charge on any atom is 0.161 e. The van der Waals surface area contributed by atoms with Crippen molar-refractivity contribution in [2.24, 2.45) is 11.8 Å². The Kier molecular flexibility index (Phi) is 11.3. The van der Waals surface area contributed by atoms with Crippen molar-refractivity contribution in [3.05, 3.63) is 57.7 Å². The molecular weight excluding hydrogens is 577 g/mol. The van der Waals surface area contributed by atoms with Crippen molar-refractivity contribution in [1.82, 2.24) is 9.88 Å². The number of hydrogen-bond donors (Lipinski definition) is 1. The third kappa shape index (κ3) is 7.18. The molecule has 3 aromatic rings. The molecule has 0 radical (unpaired) electrons. The van der Waals surface area contributed by atoms with Crippen molar-refractivity contribution < 1.29 is 9.47 Å². The Labute approximate surface area is 262 Å². The molecule has 1 fully saturated rings. The van der Waals surface area contributed by atoms with E-state index in [0.29, 0.717) is 0 Å². The van der Waals surface area contributed by atoms with Crippen molar-refractivity contribution in [2.75, 3.05) is 45.7 Å². The molecule has 0 unspecified atom stereocenters. The summed E-state index contributed by atoms with van der Waals surface area (Å²) in [5.41, 5.74) is 7.93. The smallest absolute Gasteiger partial charge is 0.161 e. The Balaban J connectivity index is 0.00000194. The number of halogens is 3. The highest BCUT2D eigenvalue weighted by Gasteiger charge is 2.28. The fourth-order valence-electron chi connectivity index (χ4n) is 7.24. The number of ether oxygens (including phenoxy) is 2. The molecule has 3 aliphatic rings. The molecule has 2 aliphatic carbocycles. The summed E-state index contributed by atoms with van der Waals surface area (Å²) in [7, 11) is 3.45. The van der Waals surface area contributed by atoms with Crippen LogP contribution in [-0.2, 0) is 25.7 Å². The zero-order chi connectivity index (χ0) is 26.8. The number of nitrogens with one attached hydrogen (secondary N) is 1. The average Bonchev–Trinajstić information content (AvgIpc) is 3.35. The lowest BCUT2D eigenvalue weighted by atomic mass is 9.86. The van der Waals surface area contributed by atoms with Gasteiger partial charge in [-0.15, -0.1) is 24.8 Å². The van der Waals surface area contributed by atoms with Crippen LogP contribution in [0.25, 0.3) is 10.9 Å². The van der Waals surface area contributed by atoms with E-state index in [9.17, 15) is 0 Å². The van der Waals surface area contributed by atoms with Gasteiger partial charge in [-0.05, 0) is 143 Å². The van der Waals surface area contributed by atoms with E-state index in [2.05, 4.69) is 28.4 Å². The Bertz CT molecular complexity index is 1290. The molecular formula is C33H44Cl3N3O2. The van der Waals surface area contributed by atoms with Crippen molar-refractivity contribution in [2.45, 2.75) is 64.2 Å². The lowest BCUT2D eigenvalue weighted by Crippen LogP contribution is -2.35. The molecule has 1 saturated heterocycles. The summed E-state index contributed by atoms with van der Waals surface area (Å²) >= 11 is 6.29. The molecule has 0 bridgehead atoms. The van der Waals surface area contributed by atoms with Crippen LogP contribution >= 0.6 is 36.4 Å². The monoisotopic (exact) mass is 619 g/mol. The molecule has 6 rings (SSSR count). The van der Waals surface area contributed by atoms with E-state index in [0.717, 1.165) is 53.3 Å². The summed E-state index contributed by atoms with van der Waals surface area (Å²) in [5, 5.41) is 5.81. The number of benzene rings is 2. The summed E-state index contributed by atoms with van der Waals surface area (Å²) in [6.07, 6.45) is 12.2. The summed E-state index contributed by atoms with van der Waals surface area (Å²) in [4.78, 5) is 7.64. The van der Waals surface area contributed by atoms with E-state index in [1.807, 2.05) is 12.1 Å². The van der Waals surface area contributed by atoms with E-state index in [1.165, 1.54) is 104 Å². The van der Waals surface area contributed by atoms with Gasteiger partial charge in [-0.1, -0.05) is 11.6 Å². The number of anilines is 1. The van der Waals surface area contributed by atoms with Crippen LogP contribution < -0.4 is 14.8 Å². The maximum atomic E-state index is 6.29. The zero-order valence-corrected chi connectivity index (χ0v) is 26.7. The summed E-state index contributed by atoms with van der Waals surface area (Å²) in [5.74, 6) is 3.33. The number of methoxy groups -OCH3 is 2. The van der Waals surface area contributed by atoms with E-state index < -0.39 is 0 Å². The molecule has 0 amide bonds. The van der Waals surface area contributed by atoms with Gasteiger partial charge in [-0.2, -0.15) is 0 Å². The molecule has 0 saturated carbocycles. The SMILES string of the molecule is COc1cc2c(cc1OC)CC(CC1CCN(CCCNc3c4c(nc5cc(Cl)ccc35)CCCC4)CC1)C2.Cl.Cl. The molecule has 1 N–H and O–H groups in total. The topological polar surface area (TPSA) is 46.6 Å². The first-order valence-corrected chi connectivity index (χ1v) is 15.3. The van der Waals surface area contributed by atoms with Gasteiger partial charge in [0, 0.05) is 28.3 Å². The first kappa shape index (κ1) is 32.0. The molecule has 224 valence electrons. The van der Waals surface area contributed by atoms with Gasteiger partial charge in [-0.25, -0.2) is 0 Å². The molecule has 0 atom stereocenters. The van der Waals surface area contributed by atoms with Gasteiger partial charge < -0.3 is 19.7 Å². The Morgan fingerprint density at radius 2 is 1.61 bits per heavy atom. The normalized spacial score (nSPS) is 17.3. The van der Waals surface area contributed by atoms with Crippen molar-refractivity contribution in [3.8, 4) is 11.5 Å². The van der Waals surface area contributed by atoms with Crippen molar-refractivity contribution in [1.29, 1.82) is 0 Å². The Morgan fingerprint density at radius 3 is 2.29 bits per heavy atom. The van der Waals surface area contributed by atoms with E-state index in [4.69, 9.17) is 26.1 Å². The van der Waals surface area contributed by atoms with Gasteiger partial charge in [0.05, 0.1) is 19.7 Å². The molecule has 5 nitrogen and oxygen atoms in total. The summed E-state index contributed by atoms with van der Waals surface area (Å²) in [6.45, 7) is 4.64. The zero-order valence-electron chi connectivity index (χ0n) is 24.3. The largest absolute Gasteiger partial charge is 0.493 e. The number of pyridine rings is 1. The molecule has 1 aromatic heterocycles. The highest BCUT2D eigenvalue weighted by atomic mass is 35.5. The highest BCUT2D eigenvalue weighted by Crippen LogP contribution is 2.40. The van der Waals surface area contributed by atoms with Crippen LogP contribution in [0.15, 0.2) is 30.3 Å². The molecule has 8 heteroatoms. The summed E-state index contributed by atoms with van der Waals surface area (Å²) in [6, 6.07) is 10.5. The number of likely N-dealkylation sites (tertiary alicyclic amines) is 1. The van der Waals surface area contributed by atoms with Crippen LogP contribution in [0.2, 0.25) is 5.02 Å². The predicted molar refractivity (Wildman–Crippen MR) is 175 cm³/mol. The number of nitrogens with zero attached hydrogens (tertiary/aromatic N) is 2. The first-order valence-electron chi connectivity index (χ1n) is 14.9. The van der Waals surface area contributed by atoms with Crippen molar-refractivity contribution in [3.63, 3.8) is 0 Å². The van der Waals surface area contributed by atoms with Gasteiger partial charge in [-0.3, -0.25) is 4.98 Å². The molecule has 2 heterocycles. The maximum absolute atomic E-state index is 6.29. The van der Waals surface area contributed by atoms with Gasteiger partial charge >= 0.3 is 0 Å². The second-order valence-electron chi connectivity index (χ2n) is 11.8. The van der Waals surface area contributed by atoms with Crippen LogP contribution in [0, 0.1) is 11.8 Å². The van der Waals surface area contributed by atoms with Gasteiger partial charge in [0.2, 0.25) is 0 Å². The number of piperidine rings is 1. The Morgan fingerprint density at radius 1 is 0.927 bits per heavy atom. The number of aromatic nitrogens is 1. The van der Waals surface area contributed by atoms with Crippen LogP contribution in [0.3, 0.4) is 0 Å². The number of hydrogen-bond acceptors (Lipinski definition) is 5. The molecule has 41 heavy (non-hydrogen) atoms. The van der Waals surface area contributed by atoms with Crippen molar-refractivity contribution >= 4 is 53.0 Å². The number of aryl methyl sites for hydroxylation is 1. The summed E-state index contributed by atoms with van der Waals surface area (Å²) < 4.78 is 11.1. The van der Waals surface area contributed by atoms with E-state index in [1.54, 1.807) is 14.2 Å². The van der Waals surface area contributed by atoms with Crippen LogP contribution in [0.4, 0.5) is 5.69 Å². The minimum Gasteiger partial charge on any atom is -0.493 e. The van der Waals surface area contributed by atoms with Crippen LogP contribution in [0.1, 0.15) is 60.9 Å². The van der Waals surface area contributed by atoms with Gasteiger partial charge in [0.15, 0.2) is 11.5 Å². The minimum atomic E-state index is 0. The van der Waals surface area contributed by atoms with E-state index in [-0.39, 0.29) is 24.8 Å². The Hall–Kier alpha value is -1.92. The molecule has 2 aromatic carbocycles. The fourth-order valence-corrected chi connectivity index (χ4v) is 7.40. The predicted octanol–water partition coefficient (Wildman–Crippen LogP) is 7.95. The molecule has 0 spiro atoms. The number of rotatable bonds is 9. The van der Waals surface area contributed by atoms with Crippen LogP contribution in [0.5, 0.6) is 11.5 Å². The first-order chi connectivity index (χ1) is 19.1. The minimum absolute atomic E-state index is 0. The van der Waals surface area contributed by atoms with Gasteiger partial charge in [0.1, 0.15) is 0 Å². The lowest BCUT2D eigenvalue weighted by Gasteiger charge is -2.33. The average molecular weight is 621 g/mol. The third-order valence-corrected chi connectivity index (χ3v) is 9.51. The van der Waals surface area contributed by atoms with Crippen LogP contribution in [-0.4, -0.2) is 50.3 Å².